The Morgan fingerprint density at radius 2 is 2.21 bits per heavy atom. The predicted octanol–water partition coefficient (Wildman–Crippen LogP) is 0.834. The molecule has 2 heterocycles. The van der Waals surface area contributed by atoms with E-state index in [0.717, 1.165) is 25.9 Å². The molecule has 0 aromatic carbocycles. The second kappa shape index (κ2) is 6.63. The van der Waals surface area contributed by atoms with Crippen LogP contribution in [0.25, 0.3) is 0 Å². The first kappa shape index (κ1) is 14.0. The van der Waals surface area contributed by atoms with Crippen LogP contribution in [0.15, 0.2) is 4.42 Å². The number of carbonyl (C=O) groups is 1. The Bertz CT molecular complexity index is 413. The summed E-state index contributed by atoms with van der Waals surface area (Å²) in [6.07, 6.45) is 2.06. The van der Waals surface area contributed by atoms with Gasteiger partial charge < -0.3 is 14.3 Å². The van der Waals surface area contributed by atoms with Crippen molar-refractivity contribution in [2.75, 3.05) is 19.7 Å². The summed E-state index contributed by atoms with van der Waals surface area (Å²) in [7, 11) is 0. The first-order valence-corrected chi connectivity index (χ1v) is 6.48. The fraction of sp³-hybridized carbons (Fsp3) is 0.750. The number of carboxylic acid groups (broad SMARTS) is 1. The van der Waals surface area contributed by atoms with Crippen LogP contribution in [-0.2, 0) is 16.1 Å². The largest absolute Gasteiger partial charge is 0.481 e. The molecule has 1 saturated heterocycles. The molecule has 1 aromatic rings. The number of aromatic nitrogens is 2. The molecular weight excluding hydrogens is 250 g/mol. The number of aliphatic carboxylic acids is 1. The van der Waals surface area contributed by atoms with E-state index in [9.17, 15) is 4.79 Å². The molecule has 7 nitrogen and oxygen atoms in total. The highest BCUT2D eigenvalue weighted by Gasteiger charge is 2.21. The number of rotatable bonds is 6. The van der Waals surface area contributed by atoms with Crippen LogP contribution < -0.4 is 0 Å². The van der Waals surface area contributed by atoms with Crippen LogP contribution in [0.2, 0.25) is 0 Å². The molecule has 106 valence electrons. The maximum atomic E-state index is 10.4. The van der Waals surface area contributed by atoms with Crippen LogP contribution in [0.4, 0.5) is 0 Å². The van der Waals surface area contributed by atoms with Gasteiger partial charge in [-0.3, -0.25) is 9.69 Å². The highest BCUT2D eigenvalue weighted by molar-refractivity contribution is 5.66. The highest BCUT2D eigenvalue weighted by atomic mass is 16.5. The van der Waals surface area contributed by atoms with Crippen LogP contribution in [0, 0.1) is 6.92 Å². The summed E-state index contributed by atoms with van der Waals surface area (Å²) in [4.78, 5) is 12.6. The zero-order valence-electron chi connectivity index (χ0n) is 11.0. The average Bonchev–Trinajstić information content (AvgIpc) is 2.77. The van der Waals surface area contributed by atoms with Crippen LogP contribution >= 0.6 is 0 Å². The van der Waals surface area contributed by atoms with Crippen molar-refractivity contribution in [2.45, 2.75) is 38.8 Å². The molecule has 0 amide bonds. The SMILES string of the molecule is Cc1nnc(CN2CCC(OCCC(=O)O)CC2)o1. The van der Waals surface area contributed by atoms with Gasteiger partial charge in [0.1, 0.15) is 0 Å². The van der Waals surface area contributed by atoms with E-state index in [-0.39, 0.29) is 12.5 Å². The number of piperidine rings is 1. The van der Waals surface area contributed by atoms with Crippen LogP contribution in [0.5, 0.6) is 0 Å². The lowest BCUT2D eigenvalue weighted by Gasteiger charge is -2.30. The number of likely N-dealkylation sites (tertiary alicyclic amines) is 1. The van der Waals surface area contributed by atoms with Gasteiger partial charge in [-0.1, -0.05) is 0 Å². The molecule has 0 unspecified atom stereocenters. The molecule has 1 aliphatic heterocycles. The molecule has 0 atom stereocenters. The third kappa shape index (κ3) is 4.60. The Balaban J connectivity index is 1.66. The van der Waals surface area contributed by atoms with Crippen molar-refractivity contribution in [3.05, 3.63) is 11.8 Å². The maximum Gasteiger partial charge on any atom is 0.305 e. The van der Waals surface area contributed by atoms with Crippen molar-refractivity contribution in [2.24, 2.45) is 0 Å². The van der Waals surface area contributed by atoms with Gasteiger partial charge in [0.05, 0.1) is 25.7 Å². The standard InChI is InChI=1S/C12H19N3O4/c1-9-13-14-11(19-9)8-15-5-2-10(3-6-15)18-7-4-12(16)17/h10H,2-8H2,1H3,(H,16,17). The zero-order chi connectivity index (χ0) is 13.7. The summed E-state index contributed by atoms with van der Waals surface area (Å²) in [5.74, 6) is 0.411. The quantitative estimate of drug-likeness (QED) is 0.818. The number of nitrogens with zero attached hydrogens (tertiary/aromatic N) is 3. The van der Waals surface area contributed by atoms with E-state index < -0.39 is 5.97 Å². The molecule has 2 rings (SSSR count). The van der Waals surface area contributed by atoms with Gasteiger partial charge >= 0.3 is 5.97 Å². The molecule has 0 aliphatic carbocycles. The lowest BCUT2D eigenvalue weighted by Crippen LogP contribution is -2.36. The molecule has 19 heavy (non-hydrogen) atoms. The van der Waals surface area contributed by atoms with E-state index in [4.69, 9.17) is 14.3 Å². The van der Waals surface area contributed by atoms with Crippen molar-refractivity contribution in [3.8, 4) is 0 Å². The van der Waals surface area contributed by atoms with E-state index in [1.165, 1.54) is 0 Å². The van der Waals surface area contributed by atoms with Gasteiger partial charge in [-0.15, -0.1) is 10.2 Å². The summed E-state index contributed by atoms with van der Waals surface area (Å²) in [6.45, 7) is 4.54. The number of ether oxygens (including phenoxy) is 1. The van der Waals surface area contributed by atoms with Crippen molar-refractivity contribution < 1.29 is 19.1 Å². The molecule has 1 aromatic heterocycles. The first-order chi connectivity index (χ1) is 9.13. The van der Waals surface area contributed by atoms with E-state index >= 15 is 0 Å². The number of aryl methyl sites for hydroxylation is 1. The second-order valence-corrected chi connectivity index (χ2v) is 4.70. The summed E-state index contributed by atoms with van der Waals surface area (Å²) in [6, 6.07) is 0. The van der Waals surface area contributed by atoms with Crippen molar-refractivity contribution in [1.82, 2.24) is 15.1 Å². The van der Waals surface area contributed by atoms with Crippen molar-refractivity contribution >= 4 is 5.97 Å². The minimum absolute atomic E-state index is 0.0709. The van der Waals surface area contributed by atoms with Gasteiger partial charge in [0.15, 0.2) is 0 Å². The molecule has 7 heteroatoms. The predicted molar refractivity (Wildman–Crippen MR) is 65.5 cm³/mol. The Morgan fingerprint density at radius 1 is 1.47 bits per heavy atom. The third-order valence-corrected chi connectivity index (χ3v) is 3.13. The normalized spacial score (nSPS) is 17.7. The minimum atomic E-state index is -0.816. The molecule has 1 N–H and O–H groups in total. The minimum Gasteiger partial charge on any atom is -0.481 e. The van der Waals surface area contributed by atoms with E-state index in [1.807, 2.05) is 0 Å². The molecule has 0 spiro atoms. The van der Waals surface area contributed by atoms with E-state index in [1.54, 1.807) is 6.92 Å². The van der Waals surface area contributed by atoms with Gasteiger partial charge in [-0.25, -0.2) is 0 Å². The summed E-state index contributed by atoms with van der Waals surface area (Å²) >= 11 is 0. The van der Waals surface area contributed by atoms with Crippen LogP contribution in [0.1, 0.15) is 31.0 Å². The van der Waals surface area contributed by atoms with E-state index in [0.29, 0.717) is 24.9 Å². The van der Waals surface area contributed by atoms with Crippen molar-refractivity contribution in [3.63, 3.8) is 0 Å². The van der Waals surface area contributed by atoms with Crippen LogP contribution in [-0.4, -0.2) is 52.0 Å². The number of carboxylic acids is 1. The van der Waals surface area contributed by atoms with Gasteiger partial charge in [-0.05, 0) is 12.8 Å². The smallest absolute Gasteiger partial charge is 0.305 e. The van der Waals surface area contributed by atoms with Gasteiger partial charge in [0.25, 0.3) is 0 Å². The monoisotopic (exact) mass is 269 g/mol. The lowest BCUT2D eigenvalue weighted by molar-refractivity contribution is -0.138. The number of hydrogen-bond donors (Lipinski definition) is 1. The molecule has 1 fully saturated rings. The summed E-state index contributed by atoms with van der Waals surface area (Å²) in [5.41, 5.74) is 0. The fourth-order valence-corrected chi connectivity index (χ4v) is 2.14. The van der Waals surface area contributed by atoms with E-state index in [2.05, 4.69) is 15.1 Å². The second-order valence-electron chi connectivity index (χ2n) is 4.70. The Labute approximate surface area is 111 Å². The first-order valence-electron chi connectivity index (χ1n) is 6.48. The molecular formula is C12H19N3O4. The highest BCUT2D eigenvalue weighted by Crippen LogP contribution is 2.16. The Hall–Kier alpha value is -1.47. The average molecular weight is 269 g/mol. The van der Waals surface area contributed by atoms with Gasteiger partial charge in [-0.2, -0.15) is 0 Å². The summed E-state index contributed by atoms with van der Waals surface area (Å²) < 4.78 is 10.9. The Kier molecular flexibility index (Phi) is 4.86. The lowest BCUT2D eigenvalue weighted by atomic mass is 10.1. The molecule has 1 aliphatic rings. The maximum absolute atomic E-state index is 10.4. The Morgan fingerprint density at radius 3 is 2.79 bits per heavy atom. The van der Waals surface area contributed by atoms with Crippen LogP contribution in [0.3, 0.4) is 0 Å². The summed E-state index contributed by atoms with van der Waals surface area (Å²) in [5, 5.41) is 16.3. The van der Waals surface area contributed by atoms with Gasteiger partial charge in [0, 0.05) is 20.0 Å². The van der Waals surface area contributed by atoms with Crippen molar-refractivity contribution in [1.29, 1.82) is 0 Å². The molecule has 0 radical (unpaired) electrons. The number of hydrogen-bond acceptors (Lipinski definition) is 6. The topological polar surface area (TPSA) is 88.7 Å². The fourth-order valence-electron chi connectivity index (χ4n) is 2.14. The van der Waals surface area contributed by atoms with Gasteiger partial charge in [0.2, 0.25) is 11.8 Å². The molecule has 0 bridgehead atoms. The third-order valence-electron chi connectivity index (χ3n) is 3.13. The molecule has 0 saturated carbocycles. The zero-order valence-corrected chi connectivity index (χ0v) is 11.0.